The van der Waals surface area contributed by atoms with E-state index in [4.69, 9.17) is 0 Å². The van der Waals surface area contributed by atoms with Gasteiger partial charge in [0.1, 0.15) is 0 Å². The van der Waals surface area contributed by atoms with Crippen molar-refractivity contribution in [2.75, 3.05) is 32.8 Å². The molecule has 2 saturated carbocycles. The number of hydrogen-bond acceptors (Lipinski definition) is 3. The fourth-order valence-electron chi connectivity index (χ4n) is 4.20. The van der Waals surface area contributed by atoms with E-state index in [1.165, 1.54) is 77.4 Å². The largest absolute Gasteiger partial charge is 0.396 e. The topological polar surface area (TPSA) is 35.5 Å². The van der Waals surface area contributed by atoms with Crippen LogP contribution in [0.5, 0.6) is 0 Å². The molecule has 3 aliphatic rings. The van der Waals surface area contributed by atoms with E-state index in [1.54, 1.807) is 0 Å². The Labute approximate surface area is 124 Å². The smallest absolute Gasteiger partial charge is 0.0471 e. The molecule has 0 radical (unpaired) electrons. The number of nitrogens with one attached hydrogen (secondary N) is 1. The molecule has 0 aromatic heterocycles. The van der Waals surface area contributed by atoms with Crippen LogP contribution in [0.1, 0.15) is 57.8 Å². The summed E-state index contributed by atoms with van der Waals surface area (Å²) in [7, 11) is 0. The van der Waals surface area contributed by atoms with Crippen molar-refractivity contribution in [1.82, 2.24) is 10.2 Å². The zero-order valence-corrected chi connectivity index (χ0v) is 12.9. The summed E-state index contributed by atoms with van der Waals surface area (Å²) in [6.07, 6.45) is 12.5. The molecule has 0 amide bonds. The van der Waals surface area contributed by atoms with Crippen molar-refractivity contribution in [3.05, 3.63) is 0 Å². The Kier molecular flexibility index (Phi) is 5.00. The van der Waals surface area contributed by atoms with E-state index < -0.39 is 0 Å². The van der Waals surface area contributed by atoms with Crippen molar-refractivity contribution < 1.29 is 5.11 Å². The van der Waals surface area contributed by atoms with Crippen LogP contribution in [0.25, 0.3) is 0 Å². The monoisotopic (exact) mass is 280 g/mol. The van der Waals surface area contributed by atoms with Gasteiger partial charge in [0.05, 0.1) is 0 Å². The predicted octanol–water partition coefficient (Wildman–Crippen LogP) is 2.39. The Morgan fingerprint density at radius 2 is 1.80 bits per heavy atom. The molecule has 0 aromatic rings. The first-order valence-corrected chi connectivity index (χ1v) is 8.86. The maximum atomic E-state index is 9.34. The maximum absolute atomic E-state index is 9.34. The summed E-state index contributed by atoms with van der Waals surface area (Å²) in [5.74, 6) is 0.536. The summed E-state index contributed by atoms with van der Waals surface area (Å²) in [6.45, 7) is 5.21. The van der Waals surface area contributed by atoms with E-state index in [2.05, 4.69) is 10.2 Å². The third-order valence-electron chi connectivity index (χ3n) is 5.69. The molecule has 0 spiro atoms. The zero-order chi connectivity index (χ0) is 13.8. The van der Waals surface area contributed by atoms with E-state index in [-0.39, 0.29) is 0 Å². The lowest BCUT2D eigenvalue weighted by Gasteiger charge is -2.37. The second kappa shape index (κ2) is 6.76. The van der Waals surface area contributed by atoms with Gasteiger partial charge in [-0.05, 0) is 50.0 Å². The van der Waals surface area contributed by atoms with Crippen LogP contribution in [0.3, 0.4) is 0 Å². The van der Waals surface area contributed by atoms with Gasteiger partial charge < -0.3 is 15.3 Å². The Morgan fingerprint density at radius 3 is 2.40 bits per heavy atom. The highest BCUT2D eigenvalue weighted by Crippen LogP contribution is 2.37. The molecule has 116 valence electrons. The molecule has 3 fully saturated rings. The number of nitrogens with zero attached hydrogens (tertiary/aromatic N) is 1. The van der Waals surface area contributed by atoms with Crippen molar-refractivity contribution in [3.8, 4) is 0 Å². The van der Waals surface area contributed by atoms with Gasteiger partial charge in [-0.2, -0.15) is 0 Å². The second-order valence-corrected chi connectivity index (χ2v) is 7.64. The SMILES string of the molecule is OCC1CCN(CC2(CNC3CC3)CCCCCC2)C1. The summed E-state index contributed by atoms with van der Waals surface area (Å²) in [5, 5.41) is 13.2. The third kappa shape index (κ3) is 3.96. The fourth-order valence-corrected chi connectivity index (χ4v) is 4.20. The highest BCUT2D eigenvalue weighted by Gasteiger charge is 2.36. The van der Waals surface area contributed by atoms with Crippen molar-refractivity contribution in [3.63, 3.8) is 0 Å². The minimum Gasteiger partial charge on any atom is -0.396 e. The van der Waals surface area contributed by atoms with E-state index in [9.17, 15) is 5.11 Å². The quantitative estimate of drug-likeness (QED) is 0.733. The average Bonchev–Trinajstić information content (AvgIpc) is 3.22. The minimum absolute atomic E-state index is 0.379. The maximum Gasteiger partial charge on any atom is 0.0471 e. The Hall–Kier alpha value is -0.120. The summed E-state index contributed by atoms with van der Waals surface area (Å²) in [5.41, 5.74) is 0.517. The van der Waals surface area contributed by atoms with Crippen LogP contribution in [-0.2, 0) is 0 Å². The highest BCUT2D eigenvalue weighted by molar-refractivity contribution is 4.92. The van der Waals surface area contributed by atoms with Gasteiger partial charge in [0, 0.05) is 32.3 Å². The van der Waals surface area contributed by atoms with Crippen LogP contribution >= 0.6 is 0 Å². The van der Waals surface area contributed by atoms with Crippen LogP contribution in [0.2, 0.25) is 0 Å². The molecular formula is C17H32N2O. The van der Waals surface area contributed by atoms with E-state index in [0.717, 1.165) is 12.6 Å². The number of aliphatic hydroxyl groups is 1. The Morgan fingerprint density at radius 1 is 1.05 bits per heavy atom. The standard InChI is InChI=1S/C17H32N2O/c20-12-15-7-10-19(11-15)14-17(13-18-16-5-6-16)8-3-1-2-4-9-17/h15-16,18,20H,1-14H2. The summed E-state index contributed by atoms with van der Waals surface area (Å²) in [4.78, 5) is 2.64. The summed E-state index contributed by atoms with van der Waals surface area (Å²) >= 11 is 0. The molecule has 0 bridgehead atoms. The number of aliphatic hydroxyl groups excluding tert-OH is 1. The molecule has 1 saturated heterocycles. The lowest BCUT2D eigenvalue weighted by Crippen LogP contribution is -2.44. The van der Waals surface area contributed by atoms with Gasteiger partial charge in [-0.1, -0.05) is 25.7 Å². The number of hydrogen-bond donors (Lipinski definition) is 2. The lowest BCUT2D eigenvalue weighted by atomic mass is 9.79. The molecule has 3 heteroatoms. The van der Waals surface area contributed by atoms with E-state index in [1.807, 2.05) is 0 Å². The zero-order valence-electron chi connectivity index (χ0n) is 12.9. The summed E-state index contributed by atoms with van der Waals surface area (Å²) < 4.78 is 0. The van der Waals surface area contributed by atoms with Gasteiger partial charge in [-0.3, -0.25) is 0 Å². The first-order chi connectivity index (χ1) is 9.80. The van der Waals surface area contributed by atoms with Gasteiger partial charge in [-0.25, -0.2) is 0 Å². The highest BCUT2D eigenvalue weighted by atomic mass is 16.3. The lowest BCUT2D eigenvalue weighted by molar-refractivity contribution is 0.136. The first-order valence-electron chi connectivity index (χ1n) is 8.86. The fraction of sp³-hybridized carbons (Fsp3) is 1.00. The van der Waals surface area contributed by atoms with Crippen molar-refractivity contribution in [2.45, 2.75) is 63.8 Å². The molecule has 1 heterocycles. The van der Waals surface area contributed by atoms with Crippen LogP contribution in [0.15, 0.2) is 0 Å². The van der Waals surface area contributed by atoms with Crippen LogP contribution in [0, 0.1) is 11.3 Å². The molecule has 1 atom stereocenters. The first kappa shape index (κ1) is 14.8. The molecule has 3 nitrogen and oxygen atoms in total. The van der Waals surface area contributed by atoms with Crippen LogP contribution < -0.4 is 5.32 Å². The molecule has 20 heavy (non-hydrogen) atoms. The number of rotatable bonds is 6. The molecule has 0 aromatic carbocycles. The van der Waals surface area contributed by atoms with Gasteiger partial charge in [0.2, 0.25) is 0 Å². The van der Waals surface area contributed by atoms with Gasteiger partial charge >= 0.3 is 0 Å². The van der Waals surface area contributed by atoms with E-state index >= 15 is 0 Å². The molecule has 1 unspecified atom stereocenters. The predicted molar refractivity (Wildman–Crippen MR) is 82.8 cm³/mol. The summed E-state index contributed by atoms with van der Waals surface area (Å²) in [6, 6.07) is 0.832. The second-order valence-electron chi connectivity index (χ2n) is 7.64. The number of likely N-dealkylation sites (tertiary alicyclic amines) is 1. The molecule has 2 aliphatic carbocycles. The normalized spacial score (nSPS) is 31.4. The molecule has 1 aliphatic heterocycles. The average molecular weight is 280 g/mol. The van der Waals surface area contributed by atoms with Crippen LogP contribution in [0.4, 0.5) is 0 Å². The third-order valence-corrected chi connectivity index (χ3v) is 5.69. The molecular weight excluding hydrogens is 248 g/mol. The van der Waals surface area contributed by atoms with Crippen LogP contribution in [-0.4, -0.2) is 48.8 Å². The van der Waals surface area contributed by atoms with Gasteiger partial charge in [0.15, 0.2) is 0 Å². The van der Waals surface area contributed by atoms with Crippen molar-refractivity contribution in [2.24, 2.45) is 11.3 Å². The van der Waals surface area contributed by atoms with E-state index in [0.29, 0.717) is 17.9 Å². The Bertz CT molecular complexity index is 295. The minimum atomic E-state index is 0.379. The van der Waals surface area contributed by atoms with Gasteiger partial charge in [0.25, 0.3) is 0 Å². The van der Waals surface area contributed by atoms with Crippen molar-refractivity contribution in [1.29, 1.82) is 0 Å². The van der Waals surface area contributed by atoms with Crippen molar-refractivity contribution >= 4 is 0 Å². The molecule has 2 N–H and O–H groups in total. The Balaban J connectivity index is 1.58. The molecule has 3 rings (SSSR count). The van der Waals surface area contributed by atoms with Gasteiger partial charge in [-0.15, -0.1) is 0 Å².